The van der Waals surface area contributed by atoms with Crippen molar-refractivity contribution in [2.75, 3.05) is 56.6 Å². The second-order valence-electron chi connectivity index (χ2n) is 8.74. The molecule has 1 aromatic carbocycles. The van der Waals surface area contributed by atoms with Crippen LogP contribution < -0.4 is 10.2 Å². The highest BCUT2D eigenvalue weighted by molar-refractivity contribution is 7.99. The van der Waals surface area contributed by atoms with Gasteiger partial charge >= 0.3 is 0 Å². The highest BCUT2D eigenvalue weighted by Gasteiger charge is 2.29. The first kappa shape index (κ1) is 23.4. The number of carbonyl (C=O) groups is 1. The number of nitrogens with one attached hydrogen (secondary N) is 1. The van der Waals surface area contributed by atoms with E-state index in [9.17, 15) is 4.79 Å². The van der Waals surface area contributed by atoms with Gasteiger partial charge in [-0.3, -0.25) is 14.3 Å². The van der Waals surface area contributed by atoms with Crippen LogP contribution in [0.3, 0.4) is 0 Å². The van der Waals surface area contributed by atoms with Gasteiger partial charge in [-0.15, -0.1) is 10.2 Å². The maximum absolute atomic E-state index is 12.7. The van der Waals surface area contributed by atoms with E-state index in [0.717, 1.165) is 63.9 Å². The summed E-state index contributed by atoms with van der Waals surface area (Å²) < 4.78 is 7.42. The first-order valence-corrected chi connectivity index (χ1v) is 12.5. The van der Waals surface area contributed by atoms with Crippen molar-refractivity contribution in [1.29, 1.82) is 0 Å². The van der Waals surface area contributed by atoms with Crippen LogP contribution in [0.5, 0.6) is 0 Å². The molecule has 2 fully saturated rings. The molecule has 0 unspecified atom stereocenters. The zero-order valence-electron chi connectivity index (χ0n) is 18.7. The summed E-state index contributed by atoms with van der Waals surface area (Å²) in [5, 5.41) is 13.2. The van der Waals surface area contributed by atoms with Gasteiger partial charge < -0.3 is 15.0 Å². The third kappa shape index (κ3) is 5.39. The number of aromatic nitrogens is 3. The summed E-state index contributed by atoms with van der Waals surface area (Å²) in [6.45, 7) is 10.0. The van der Waals surface area contributed by atoms with Gasteiger partial charge in [0.25, 0.3) is 0 Å². The van der Waals surface area contributed by atoms with E-state index in [1.165, 1.54) is 11.8 Å². The van der Waals surface area contributed by atoms with Crippen molar-refractivity contribution in [3.05, 3.63) is 29.3 Å². The lowest BCUT2D eigenvalue weighted by molar-refractivity contribution is -0.119. The SMILES string of the molecule is CC(C)(CNC(=O)CSc1nnc(N2CCCC2)n1-c1ccccc1Cl)N1CCOCC1. The number of amides is 1. The molecule has 2 aliphatic rings. The molecule has 3 heterocycles. The number of carbonyl (C=O) groups excluding carboxylic acids is 1. The molecule has 1 aromatic heterocycles. The molecular formula is C22H31ClN6O2S. The van der Waals surface area contributed by atoms with Gasteiger partial charge in [-0.1, -0.05) is 35.5 Å². The third-order valence-electron chi connectivity index (χ3n) is 6.02. The number of morpholine rings is 1. The van der Waals surface area contributed by atoms with Gasteiger partial charge in [-0.05, 0) is 38.8 Å². The summed E-state index contributed by atoms with van der Waals surface area (Å²) >= 11 is 7.89. The Balaban J connectivity index is 1.42. The zero-order valence-corrected chi connectivity index (χ0v) is 20.3. The van der Waals surface area contributed by atoms with Crippen LogP contribution in [-0.4, -0.2) is 82.8 Å². The predicted molar refractivity (Wildman–Crippen MR) is 128 cm³/mol. The first-order valence-electron chi connectivity index (χ1n) is 11.1. The Morgan fingerprint density at radius 2 is 1.88 bits per heavy atom. The Bertz CT molecular complexity index is 925. The fourth-order valence-corrected chi connectivity index (χ4v) is 5.09. The highest BCUT2D eigenvalue weighted by atomic mass is 35.5. The number of benzene rings is 1. The third-order valence-corrected chi connectivity index (χ3v) is 7.26. The lowest BCUT2D eigenvalue weighted by Gasteiger charge is -2.40. The van der Waals surface area contributed by atoms with Gasteiger partial charge in [0.1, 0.15) is 0 Å². The van der Waals surface area contributed by atoms with Crippen LogP contribution in [-0.2, 0) is 9.53 Å². The van der Waals surface area contributed by atoms with E-state index in [4.69, 9.17) is 16.3 Å². The summed E-state index contributed by atoms with van der Waals surface area (Å²) in [6.07, 6.45) is 2.28. The first-order chi connectivity index (χ1) is 15.5. The van der Waals surface area contributed by atoms with Crippen LogP contribution in [0.4, 0.5) is 5.95 Å². The lowest BCUT2D eigenvalue weighted by Crippen LogP contribution is -2.55. The molecular weight excluding hydrogens is 448 g/mol. The number of para-hydroxylation sites is 1. The van der Waals surface area contributed by atoms with Crippen molar-refractivity contribution in [2.45, 2.75) is 37.4 Å². The van der Waals surface area contributed by atoms with Gasteiger partial charge in [-0.2, -0.15) is 0 Å². The molecule has 8 nitrogen and oxygen atoms in total. The summed E-state index contributed by atoms with van der Waals surface area (Å²) in [7, 11) is 0. The van der Waals surface area contributed by atoms with Crippen molar-refractivity contribution in [3.8, 4) is 5.69 Å². The second-order valence-corrected chi connectivity index (χ2v) is 10.1. The van der Waals surface area contributed by atoms with Crippen molar-refractivity contribution in [1.82, 2.24) is 25.0 Å². The maximum atomic E-state index is 12.7. The van der Waals surface area contributed by atoms with E-state index in [1.54, 1.807) is 0 Å². The van der Waals surface area contributed by atoms with Crippen molar-refractivity contribution >= 4 is 35.2 Å². The van der Waals surface area contributed by atoms with Crippen molar-refractivity contribution in [2.24, 2.45) is 0 Å². The summed E-state index contributed by atoms with van der Waals surface area (Å²) in [4.78, 5) is 17.2. The number of thioether (sulfide) groups is 1. The molecule has 0 bridgehead atoms. The largest absolute Gasteiger partial charge is 0.379 e. The second kappa shape index (κ2) is 10.4. The van der Waals surface area contributed by atoms with Gasteiger partial charge in [0, 0.05) is 38.3 Å². The van der Waals surface area contributed by atoms with Gasteiger partial charge in [0.2, 0.25) is 11.9 Å². The molecule has 2 aromatic rings. The fraction of sp³-hybridized carbons (Fsp3) is 0.591. The average Bonchev–Trinajstić information content (AvgIpc) is 3.47. The average molecular weight is 479 g/mol. The van der Waals surface area contributed by atoms with Crippen LogP contribution in [0, 0.1) is 0 Å². The van der Waals surface area contributed by atoms with Gasteiger partial charge in [-0.25, -0.2) is 0 Å². The van der Waals surface area contributed by atoms with Gasteiger partial charge in [0.05, 0.1) is 29.7 Å². The number of hydrogen-bond acceptors (Lipinski definition) is 7. The van der Waals surface area contributed by atoms with E-state index in [1.807, 2.05) is 28.8 Å². The van der Waals surface area contributed by atoms with E-state index >= 15 is 0 Å². The molecule has 1 N–H and O–H groups in total. The molecule has 2 aliphatic heterocycles. The molecule has 1 amide bonds. The molecule has 2 saturated heterocycles. The number of rotatable bonds is 8. The molecule has 0 spiro atoms. The topological polar surface area (TPSA) is 75.5 Å². The minimum atomic E-state index is -0.120. The summed E-state index contributed by atoms with van der Waals surface area (Å²) in [6, 6.07) is 7.67. The molecule has 0 saturated carbocycles. The van der Waals surface area contributed by atoms with Crippen LogP contribution in [0.25, 0.3) is 5.69 Å². The number of ether oxygens (including phenoxy) is 1. The van der Waals surface area contributed by atoms with Crippen LogP contribution in [0.2, 0.25) is 5.02 Å². The maximum Gasteiger partial charge on any atom is 0.232 e. The van der Waals surface area contributed by atoms with Crippen molar-refractivity contribution < 1.29 is 9.53 Å². The highest BCUT2D eigenvalue weighted by Crippen LogP contribution is 2.31. The normalized spacial score (nSPS) is 17.7. The molecule has 4 rings (SSSR count). The minimum Gasteiger partial charge on any atom is -0.379 e. The smallest absolute Gasteiger partial charge is 0.232 e. The quantitative estimate of drug-likeness (QED) is 0.584. The zero-order chi connectivity index (χ0) is 22.6. The Hall–Kier alpha value is -1.81. The number of anilines is 1. The van der Waals surface area contributed by atoms with Gasteiger partial charge in [0.15, 0.2) is 5.16 Å². The van der Waals surface area contributed by atoms with Crippen LogP contribution in [0.1, 0.15) is 26.7 Å². The lowest BCUT2D eigenvalue weighted by atomic mass is 10.0. The van der Waals surface area contributed by atoms with E-state index in [-0.39, 0.29) is 17.2 Å². The molecule has 0 aliphatic carbocycles. The van der Waals surface area contributed by atoms with Crippen molar-refractivity contribution in [3.63, 3.8) is 0 Å². The molecule has 32 heavy (non-hydrogen) atoms. The Labute approximate surface area is 198 Å². The summed E-state index contributed by atoms with van der Waals surface area (Å²) in [5.74, 6) is 1.03. The Kier molecular flexibility index (Phi) is 7.60. The number of hydrogen-bond donors (Lipinski definition) is 1. The van der Waals surface area contributed by atoms with E-state index < -0.39 is 0 Å². The predicted octanol–water partition coefficient (Wildman–Crippen LogP) is 2.84. The molecule has 174 valence electrons. The summed E-state index contributed by atoms with van der Waals surface area (Å²) in [5.41, 5.74) is 0.711. The monoisotopic (exact) mass is 478 g/mol. The van der Waals surface area contributed by atoms with Crippen LogP contribution >= 0.6 is 23.4 Å². The molecule has 0 atom stereocenters. The Morgan fingerprint density at radius 3 is 2.59 bits per heavy atom. The van der Waals surface area contributed by atoms with Crippen LogP contribution in [0.15, 0.2) is 29.4 Å². The number of nitrogens with zero attached hydrogens (tertiary/aromatic N) is 5. The van der Waals surface area contributed by atoms with E-state index in [0.29, 0.717) is 16.7 Å². The Morgan fingerprint density at radius 1 is 1.16 bits per heavy atom. The minimum absolute atomic E-state index is 0.0206. The van der Waals surface area contributed by atoms with E-state index in [2.05, 4.69) is 39.2 Å². The molecule has 0 radical (unpaired) electrons. The standard InChI is InChI=1S/C22H31ClN6O2S/c1-22(2,28-11-13-31-14-12-28)16-24-19(30)15-32-21-26-25-20(27-9-5-6-10-27)29(21)18-8-4-3-7-17(18)23/h3-4,7-8H,5-6,9-16H2,1-2H3,(H,24,30). The fourth-order valence-electron chi connectivity index (χ4n) is 4.10. The number of halogens is 1. The molecule has 10 heteroatoms.